The molecule has 21 heavy (non-hydrogen) atoms. The van der Waals surface area contributed by atoms with Crippen LogP contribution in [0, 0.1) is 0 Å². The number of hydrogen-bond donors (Lipinski definition) is 2. The topological polar surface area (TPSA) is 94.3 Å². The molecular formula is C15H15N3O3. The summed E-state index contributed by atoms with van der Waals surface area (Å²) in [5, 5.41) is 0. The Labute approximate surface area is 121 Å². The second-order valence-corrected chi connectivity index (χ2v) is 4.38. The van der Waals surface area contributed by atoms with Gasteiger partial charge in [-0.15, -0.1) is 0 Å². The highest BCUT2D eigenvalue weighted by Gasteiger charge is 2.04. The number of amides is 1. The van der Waals surface area contributed by atoms with E-state index >= 15 is 0 Å². The van der Waals surface area contributed by atoms with Crippen LogP contribution in [0.4, 0.5) is 0 Å². The molecule has 1 aromatic heterocycles. The summed E-state index contributed by atoms with van der Waals surface area (Å²) in [4.78, 5) is 26.5. The second-order valence-electron chi connectivity index (χ2n) is 4.38. The molecule has 0 atom stereocenters. The Morgan fingerprint density at radius 1 is 1.14 bits per heavy atom. The van der Waals surface area contributed by atoms with Gasteiger partial charge in [0.1, 0.15) is 12.4 Å². The number of hydrogen-bond acceptors (Lipinski definition) is 5. The highest BCUT2D eigenvalue weighted by Crippen LogP contribution is 2.14. The zero-order valence-corrected chi connectivity index (χ0v) is 11.5. The lowest BCUT2D eigenvalue weighted by Gasteiger charge is -2.06. The molecule has 0 radical (unpaired) electrons. The highest BCUT2D eigenvalue weighted by atomic mass is 16.5. The first kappa shape index (κ1) is 14.7. The Morgan fingerprint density at radius 3 is 2.33 bits per heavy atom. The summed E-state index contributed by atoms with van der Waals surface area (Å²) in [5.41, 5.74) is 3.73. The number of carbonyl (C=O) groups is 2. The molecule has 2 aromatic rings. The van der Waals surface area contributed by atoms with Gasteiger partial charge in [0, 0.05) is 11.8 Å². The van der Waals surface area contributed by atoms with Gasteiger partial charge in [-0.2, -0.15) is 0 Å². The third-order valence-electron chi connectivity index (χ3n) is 2.87. The van der Waals surface area contributed by atoms with Crippen molar-refractivity contribution in [3.63, 3.8) is 0 Å². The van der Waals surface area contributed by atoms with Crippen LogP contribution in [0.25, 0.3) is 0 Å². The van der Waals surface area contributed by atoms with Gasteiger partial charge in [-0.25, -0.2) is 5.84 Å². The number of nitrogens with one attached hydrogen (secondary N) is 1. The standard InChI is InChI=1S/C15H15N3O3/c1-10(19)11-3-6-14(7-4-11)21-9-13-5-2-12(8-17-13)15(20)18-16/h2-8H,9,16H2,1H3,(H,18,20). The fourth-order valence-electron chi connectivity index (χ4n) is 1.67. The average Bonchev–Trinajstić information content (AvgIpc) is 2.53. The first-order valence-electron chi connectivity index (χ1n) is 6.30. The van der Waals surface area contributed by atoms with Crippen LogP contribution in [-0.2, 0) is 6.61 Å². The zero-order chi connectivity index (χ0) is 15.2. The Balaban J connectivity index is 1.96. The van der Waals surface area contributed by atoms with E-state index in [0.717, 1.165) is 0 Å². The lowest BCUT2D eigenvalue weighted by atomic mass is 10.1. The molecule has 3 N–H and O–H groups in total. The lowest BCUT2D eigenvalue weighted by molar-refractivity contribution is 0.0952. The van der Waals surface area contributed by atoms with E-state index in [2.05, 4.69) is 4.98 Å². The van der Waals surface area contributed by atoms with Gasteiger partial charge in [-0.05, 0) is 43.3 Å². The number of nitrogens with zero attached hydrogens (tertiary/aromatic N) is 1. The van der Waals surface area contributed by atoms with Gasteiger partial charge in [0.15, 0.2) is 5.78 Å². The fraction of sp³-hybridized carbons (Fsp3) is 0.133. The number of ketones is 1. The van der Waals surface area contributed by atoms with Gasteiger partial charge in [-0.3, -0.25) is 20.0 Å². The molecule has 2 rings (SSSR count). The van der Waals surface area contributed by atoms with Gasteiger partial charge in [0.25, 0.3) is 5.91 Å². The summed E-state index contributed by atoms with van der Waals surface area (Å²) >= 11 is 0. The van der Waals surface area contributed by atoms with Crippen molar-refractivity contribution in [3.8, 4) is 5.75 Å². The van der Waals surface area contributed by atoms with Crippen LogP contribution in [0.2, 0.25) is 0 Å². The van der Waals surface area contributed by atoms with Crippen molar-refractivity contribution in [3.05, 3.63) is 59.4 Å². The Hall–Kier alpha value is -2.73. The van der Waals surface area contributed by atoms with Gasteiger partial charge in [0.05, 0.1) is 11.3 Å². The highest BCUT2D eigenvalue weighted by molar-refractivity contribution is 5.94. The van der Waals surface area contributed by atoms with Crippen molar-refractivity contribution in [1.29, 1.82) is 0 Å². The SMILES string of the molecule is CC(=O)c1ccc(OCc2ccc(C(=O)NN)cn2)cc1. The summed E-state index contributed by atoms with van der Waals surface area (Å²) in [6, 6.07) is 10.2. The third-order valence-corrected chi connectivity index (χ3v) is 2.87. The van der Waals surface area contributed by atoms with E-state index in [1.54, 1.807) is 36.4 Å². The van der Waals surface area contributed by atoms with Crippen molar-refractivity contribution in [2.45, 2.75) is 13.5 Å². The van der Waals surface area contributed by atoms with Crippen LogP contribution in [-0.4, -0.2) is 16.7 Å². The van der Waals surface area contributed by atoms with Gasteiger partial charge in [0.2, 0.25) is 0 Å². The molecule has 6 heteroatoms. The minimum atomic E-state index is -0.394. The fourth-order valence-corrected chi connectivity index (χ4v) is 1.67. The molecule has 6 nitrogen and oxygen atoms in total. The Bertz CT molecular complexity index is 636. The normalized spacial score (nSPS) is 10.0. The molecular weight excluding hydrogens is 270 g/mol. The van der Waals surface area contributed by atoms with Crippen molar-refractivity contribution in [2.24, 2.45) is 5.84 Å². The third kappa shape index (κ3) is 3.87. The maximum absolute atomic E-state index is 11.3. The number of Topliss-reactive ketones (excluding diaryl/α,β-unsaturated/α-hetero) is 1. The molecule has 0 aliphatic rings. The van der Waals surface area contributed by atoms with Gasteiger partial charge < -0.3 is 4.74 Å². The predicted octanol–water partition coefficient (Wildman–Crippen LogP) is 1.47. The van der Waals surface area contributed by atoms with E-state index < -0.39 is 5.91 Å². The number of carbonyl (C=O) groups excluding carboxylic acids is 2. The maximum Gasteiger partial charge on any atom is 0.266 e. The van der Waals surface area contributed by atoms with E-state index in [0.29, 0.717) is 22.6 Å². The molecule has 108 valence electrons. The minimum absolute atomic E-state index is 0.0111. The molecule has 1 aromatic carbocycles. The van der Waals surface area contributed by atoms with Gasteiger partial charge in [-0.1, -0.05) is 0 Å². The van der Waals surface area contributed by atoms with Crippen LogP contribution in [0.3, 0.4) is 0 Å². The largest absolute Gasteiger partial charge is 0.487 e. The first-order valence-corrected chi connectivity index (χ1v) is 6.30. The molecule has 0 bridgehead atoms. The monoisotopic (exact) mass is 285 g/mol. The van der Waals surface area contributed by atoms with Crippen LogP contribution in [0.5, 0.6) is 5.75 Å². The summed E-state index contributed by atoms with van der Waals surface area (Å²) in [6.45, 7) is 1.78. The summed E-state index contributed by atoms with van der Waals surface area (Å²) in [6.07, 6.45) is 1.43. The smallest absolute Gasteiger partial charge is 0.266 e. The molecule has 0 saturated heterocycles. The van der Waals surface area contributed by atoms with Crippen molar-refractivity contribution >= 4 is 11.7 Å². The number of pyridine rings is 1. The Morgan fingerprint density at radius 2 is 1.81 bits per heavy atom. The number of nitrogens with two attached hydrogens (primary N) is 1. The van der Waals surface area contributed by atoms with E-state index in [9.17, 15) is 9.59 Å². The number of benzene rings is 1. The average molecular weight is 285 g/mol. The number of hydrazine groups is 1. The van der Waals surface area contributed by atoms with Gasteiger partial charge >= 0.3 is 0 Å². The molecule has 0 unspecified atom stereocenters. The predicted molar refractivity (Wildman–Crippen MR) is 76.7 cm³/mol. The van der Waals surface area contributed by atoms with Crippen molar-refractivity contribution in [1.82, 2.24) is 10.4 Å². The number of nitrogen functional groups attached to an aromatic ring is 1. The van der Waals surface area contributed by atoms with Crippen molar-refractivity contribution < 1.29 is 14.3 Å². The number of aromatic nitrogens is 1. The molecule has 0 fully saturated rings. The number of ether oxygens (including phenoxy) is 1. The minimum Gasteiger partial charge on any atom is -0.487 e. The van der Waals surface area contributed by atoms with Crippen molar-refractivity contribution in [2.75, 3.05) is 0 Å². The molecule has 0 spiro atoms. The first-order chi connectivity index (χ1) is 10.1. The number of rotatable bonds is 5. The molecule has 1 heterocycles. The summed E-state index contributed by atoms with van der Waals surface area (Å²) in [5.74, 6) is 5.30. The second kappa shape index (κ2) is 6.62. The van der Waals surface area contributed by atoms with Crippen LogP contribution in [0.15, 0.2) is 42.6 Å². The summed E-state index contributed by atoms with van der Waals surface area (Å²) < 4.78 is 5.55. The quantitative estimate of drug-likeness (QED) is 0.375. The van der Waals surface area contributed by atoms with Crippen LogP contribution < -0.4 is 16.0 Å². The zero-order valence-electron chi connectivity index (χ0n) is 11.5. The van der Waals surface area contributed by atoms with E-state index in [-0.39, 0.29) is 12.4 Å². The summed E-state index contributed by atoms with van der Waals surface area (Å²) in [7, 11) is 0. The van der Waals surface area contributed by atoms with E-state index in [1.165, 1.54) is 13.1 Å². The molecule has 0 aliphatic carbocycles. The molecule has 0 saturated carbocycles. The van der Waals surface area contributed by atoms with Crippen LogP contribution >= 0.6 is 0 Å². The van der Waals surface area contributed by atoms with E-state index in [1.807, 2.05) is 5.43 Å². The lowest BCUT2D eigenvalue weighted by Crippen LogP contribution is -2.30. The molecule has 1 amide bonds. The molecule has 0 aliphatic heterocycles. The van der Waals surface area contributed by atoms with E-state index in [4.69, 9.17) is 10.6 Å². The maximum atomic E-state index is 11.3. The van der Waals surface area contributed by atoms with Crippen LogP contribution in [0.1, 0.15) is 33.3 Å². The Kier molecular flexibility index (Phi) is 4.63.